The summed E-state index contributed by atoms with van der Waals surface area (Å²) in [6.45, 7) is 2.93. The molecule has 5 rings (SSSR count). The fourth-order valence-electron chi connectivity index (χ4n) is 5.22. The quantitative estimate of drug-likeness (QED) is 0.622. The first kappa shape index (κ1) is 20.6. The molecule has 3 aromatic carbocycles. The van der Waals surface area contributed by atoms with Crippen LogP contribution in [0.3, 0.4) is 0 Å². The number of hydrogen-bond acceptors (Lipinski definition) is 4. The lowest BCUT2D eigenvalue weighted by atomic mass is 9.95. The first-order chi connectivity index (χ1) is 15.1. The molecule has 31 heavy (non-hydrogen) atoms. The first-order valence-electron chi connectivity index (χ1n) is 11.0. The lowest BCUT2D eigenvalue weighted by Gasteiger charge is -2.40. The minimum atomic E-state index is -3.73. The Morgan fingerprint density at radius 1 is 0.968 bits per heavy atom. The van der Waals surface area contributed by atoms with Gasteiger partial charge in [0.15, 0.2) is 9.84 Å². The maximum Gasteiger partial charge on any atom is 0.195 e. The van der Waals surface area contributed by atoms with Crippen molar-refractivity contribution in [2.24, 2.45) is 5.92 Å². The normalized spacial score (nSPS) is 21.0. The fraction of sp³-hybridized carbons (Fsp3) is 0.360. The van der Waals surface area contributed by atoms with Gasteiger partial charge >= 0.3 is 0 Å². The Bertz CT molecular complexity index is 1210. The summed E-state index contributed by atoms with van der Waals surface area (Å²) >= 11 is 0. The fourth-order valence-corrected chi connectivity index (χ4v) is 7.53. The van der Waals surface area contributed by atoms with Crippen LogP contribution in [0.4, 0.5) is 4.39 Å². The van der Waals surface area contributed by atoms with E-state index in [2.05, 4.69) is 22.3 Å². The van der Waals surface area contributed by atoms with Gasteiger partial charge in [-0.25, -0.2) is 12.8 Å². The smallest absolute Gasteiger partial charge is 0.195 e. The first-order valence-corrected chi connectivity index (χ1v) is 12.5. The number of benzene rings is 3. The van der Waals surface area contributed by atoms with E-state index in [1.807, 2.05) is 12.1 Å². The number of fused-ring (bicyclic) bond motifs is 2. The number of hydrogen-bond donors (Lipinski definition) is 1. The van der Waals surface area contributed by atoms with Gasteiger partial charge in [-0.15, -0.1) is 0 Å². The highest BCUT2D eigenvalue weighted by Gasteiger charge is 2.41. The molecule has 2 unspecified atom stereocenters. The Kier molecular flexibility index (Phi) is 5.54. The third kappa shape index (κ3) is 3.77. The number of piperidine rings is 1. The predicted octanol–water partition coefficient (Wildman–Crippen LogP) is 4.14. The van der Waals surface area contributed by atoms with Gasteiger partial charge in [-0.3, -0.25) is 4.90 Å². The van der Waals surface area contributed by atoms with Crippen LogP contribution in [0.5, 0.6) is 0 Å². The van der Waals surface area contributed by atoms with Crippen LogP contribution in [0, 0.1) is 11.7 Å². The molecule has 2 heterocycles. The van der Waals surface area contributed by atoms with Gasteiger partial charge in [0, 0.05) is 36.3 Å². The van der Waals surface area contributed by atoms with Gasteiger partial charge in [-0.2, -0.15) is 0 Å². The molecule has 0 amide bonds. The van der Waals surface area contributed by atoms with E-state index >= 15 is 0 Å². The van der Waals surface area contributed by atoms with Gasteiger partial charge < -0.3 is 5.32 Å². The minimum Gasteiger partial charge on any atom is -0.316 e. The Morgan fingerprint density at radius 2 is 1.71 bits per heavy atom. The van der Waals surface area contributed by atoms with Gasteiger partial charge in [0.05, 0.1) is 4.90 Å². The molecular formula is C25H27FN2O2S. The Hall–Kier alpha value is -2.28. The second-order valence-electron chi connectivity index (χ2n) is 8.62. The zero-order valence-electron chi connectivity index (χ0n) is 17.4. The maximum absolute atomic E-state index is 14.4. The third-order valence-corrected chi connectivity index (χ3v) is 9.00. The van der Waals surface area contributed by atoms with E-state index < -0.39 is 21.0 Å². The SMILES string of the molecule is O=S(=O)(c1ccc(F)c2ccccc12)C(C1CCCNC1)N1CCc2ccccc2C1. The zero-order chi connectivity index (χ0) is 21.4. The summed E-state index contributed by atoms with van der Waals surface area (Å²) < 4.78 is 42.8. The predicted molar refractivity (Wildman–Crippen MR) is 121 cm³/mol. The Balaban J connectivity index is 1.61. The average Bonchev–Trinajstić information content (AvgIpc) is 2.80. The molecule has 1 N–H and O–H groups in total. The molecule has 2 aliphatic heterocycles. The summed E-state index contributed by atoms with van der Waals surface area (Å²) in [5.74, 6) is -0.398. The van der Waals surface area contributed by atoms with Crippen LogP contribution >= 0.6 is 0 Å². The summed E-state index contributed by atoms with van der Waals surface area (Å²) in [5.41, 5.74) is 2.49. The Morgan fingerprint density at radius 3 is 2.48 bits per heavy atom. The van der Waals surface area contributed by atoms with E-state index in [1.54, 1.807) is 24.3 Å². The average molecular weight is 439 g/mol. The van der Waals surface area contributed by atoms with E-state index in [9.17, 15) is 12.8 Å². The molecule has 6 heteroatoms. The van der Waals surface area contributed by atoms with Crippen molar-refractivity contribution in [3.05, 3.63) is 77.6 Å². The highest BCUT2D eigenvalue weighted by Crippen LogP contribution is 2.35. The molecule has 3 aromatic rings. The van der Waals surface area contributed by atoms with E-state index in [0.29, 0.717) is 30.4 Å². The van der Waals surface area contributed by atoms with E-state index in [0.717, 1.165) is 25.8 Å². The van der Waals surface area contributed by atoms with Crippen LogP contribution in [-0.4, -0.2) is 38.3 Å². The molecule has 162 valence electrons. The Labute approximate surface area is 183 Å². The van der Waals surface area contributed by atoms with Crippen LogP contribution in [0.15, 0.2) is 65.6 Å². The molecule has 0 aliphatic carbocycles. The minimum absolute atomic E-state index is 0.00664. The van der Waals surface area contributed by atoms with Crippen molar-refractivity contribution in [3.8, 4) is 0 Å². The molecule has 4 nitrogen and oxygen atoms in total. The van der Waals surface area contributed by atoms with Crippen LogP contribution in [-0.2, 0) is 22.8 Å². The molecule has 0 radical (unpaired) electrons. The number of sulfone groups is 1. The molecule has 0 bridgehead atoms. The summed E-state index contributed by atoms with van der Waals surface area (Å²) in [6, 6.07) is 17.9. The highest BCUT2D eigenvalue weighted by atomic mass is 32.2. The molecule has 2 atom stereocenters. The number of rotatable bonds is 4. The molecule has 0 saturated carbocycles. The van der Waals surface area contributed by atoms with Crippen molar-refractivity contribution in [1.29, 1.82) is 0 Å². The molecule has 0 aromatic heterocycles. The monoisotopic (exact) mass is 438 g/mol. The second kappa shape index (κ2) is 8.34. The van der Waals surface area contributed by atoms with Crippen molar-refractivity contribution in [1.82, 2.24) is 10.2 Å². The van der Waals surface area contributed by atoms with E-state index in [4.69, 9.17) is 0 Å². The summed E-state index contributed by atoms with van der Waals surface area (Å²) in [5, 5.41) is 3.58. The lowest BCUT2D eigenvalue weighted by Crippen LogP contribution is -2.52. The number of halogens is 1. The van der Waals surface area contributed by atoms with Gasteiger partial charge in [-0.05, 0) is 49.1 Å². The standard InChI is InChI=1S/C25H27FN2O2S/c26-23-11-12-24(22-10-4-3-9-21(22)23)31(29,30)25(19-8-5-14-27-16-19)28-15-13-18-6-1-2-7-20(18)17-28/h1-4,6-7,9-12,19,25,27H,5,8,13-17H2. The van der Waals surface area contributed by atoms with Gasteiger partial charge in [0.25, 0.3) is 0 Å². The molecule has 1 saturated heterocycles. The van der Waals surface area contributed by atoms with E-state index in [1.165, 1.54) is 23.3 Å². The van der Waals surface area contributed by atoms with Crippen LogP contribution in [0.1, 0.15) is 24.0 Å². The summed E-state index contributed by atoms with van der Waals surface area (Å²) in [6.07, 6.45) is 2.67. The van der Waals surface area contributed by atoms with Crippen molar-refractivity contribution in [3.63, 3.8) is 0 Å². The zero-order valence-corrected chi connectivity index (χ0v) is 18.2. The summed E-state index contributed by atoms with van der Waals surface area (Å²) in [4.78, 5) is 2.37. The van der Waals surface area contributed by atoms with Crippen molar-refractivity contribution >= 4 is 20.6 Å². The van der Waals surface area contributed by atoms with Gasteiger partial charge in [-0.1, -0.05) is 48.5 Å². The molecule has 1 fully saturated rings. The van der Waals surface area contributed by atoms with Crippen molar-refractivity contribution in [2.45, 2.75) is 36.1 Å². The summed E-state index contributed by atoms with van der Waals surface area (Å²) in [7, 11) is -3.73. The molecular weight excluding hydrogens is 411 g/mol. The maximum atomic E-state index is 14.4. The van der Waals surface area contributed by atoms with Crippen molar-refractivity contribution < 1.29 is 12.8 Å². The van der Waals surface area contributed by atoms with Gasteiger partial charge in [0.2, 0.25) is 0 Å². The largest absolute Gasteiger partial charge is 0.316 e. The second-order valence-corrected chi connectivity index (χ2v) is 10.6. The molecule has 0 spiro atoms. The number of nitrogens with one attached hydrogen (secondary N) is 1. The highest BCUT2D eigenvalue weighted by molar-refractivity contribution is 7.92. The van der Waals surface area contributed by atoms with Crippen LogP contribution in [0.25, 0.3) is 10.8 Å². The third-order valence-electron chi connectivity index (χ3n) is 6.71. The number of nitrogens with zero attached hydrogens (tertiary/aromatic N) is 1. The van der Waals surface area contributed by atoms with E-state index in [-0.39, 0.29) is 10.8 Å². The van der Waals surface area contributed by atoms with Crippen LogP contribution in [0.2, 0.25) is 0 Å². The topological polar surface area (TPSA) is 49.4 Å². The van der Waals surface area contributed by atoms with Crippen molar-refractivity contribution in [2.75, 3.05) is 19.6 Å². The van der Waals surface area contributed by atoms with Gasteiger partial charge in [0.1, 0.15) is 11.2 Å². The lowest BCUT2D eigenvalue weighted by molar-refractivity contribution is 0.162. The van der Waals surface area contributed by atoms with Crippen LogP contribution < -0.4 is 5.32 Å². The molecule has 2 aliphatic rings.